The van der Waals surface area contributed by atoms with E-state index in [1.807, 2.05) is 0 Å². The van der Waals surface area contributed by atoms with E-state index >= 15 is 0 Å². The number of benzene rings is 1. The van der Waals surface area contributed by atoms with Crippen LogP contribution in [-0.4, -0.2) is 32.7 Å². The van der Waals surface area contributed by atoms with Gasteiger partial charge in [-0.25, -0.2) is 4.79 Å². The van der Waals surface area contributed by atoms with Crippen LogP contribution in [0.25, 0.3) is 0 Å². The van der Waals surface area contributed by atoms with Crippen LogP contribution in [0.1, 0.15) is 16.1 Å². The van der Waals surface area contributed by atoms with Crippen LogP contribution in [0.4, 0.5) is 0 Å². The average Bonchev–Trinajstić information content (AvgIpc) is 3.10. The number of esters is 1. The number of para-hydroxylation sites is 1. The van der Waals surface area contributed by atoms with Gasteiger partial charge in [0.15, 0.2) is 18.1 Å². The van der Waals surface area contributed by atoms with Gasteiger partial charge in [0.25, 0.3) is 5.91 Å². The molecule has 0 aliphatic rings. The van der Waals surface area contributed by atoms with E-state index in [0.717, 1.165) is 0 Å². The van der Waals surface area contributed by atoms with Crippen molar-refractivity contribution in [3.8, 4) is 11.5 Å². The quantitative estimate of drug-likeness (QED) is 0.783. The molecule has 2 rings (SSSR count). The zero-order valence-electron chi connectivity index (χ0n) is 12.8. The van der Waals surface area contributed by atoms with E-state index in [-0.39, 0.29) is 17.9 Å². The van der Waals surface area contributed by atoms with Crippen LogP contribution < -0.4 is 14.8 Å². The summed E-state index contributed by atoms with van der Waals surface area (Å²) < 4.78 is 20.3. The van der Waals surface area contributed by atoms with Crippen molar-refractivity contribution >= 4 is 11.9 Å². The molecule has 0 atom stereocenters. The minimum atomic E-state index is -0.672. The molecule has 0 fully saturated rings. The third-order valence-corrected chi connectivity index (χ3v) is 3.00. The monoisotopic (exact) mass is 319 g/mol. The van der Waals surface area contributed by atoms with Crippen LogP contribution in [0, 0.1) is 0 Å². The van der Waals surface area contributed by atoms with Gasteiger partial charge in [-0.3, -0.25) is 4.79 Å². The first-order valence-electron chi connectivity index (χ1n) is 6.83. The largest absolute Gasteiger partial charge is 0.493 e. The average molecular weight is 319 g/mol. The fourth-order valence-electron chi connectivity index (χ4n) is 1.91. The van der Waals surface area contributed by atoms with Crippen LogP contribution in [0.15, 0.2) is 41.0 Å². The number of hydrogen-bond donors (Lipinski definition) is 1. The lowest BCUT2D eigenvalue weighted by molar-refractivity contribution is -0.124. The fourth-order valence-corrected chi connectivity index (χ4v) is 1.91. The highest BCUT2D eigenvalue weighted by Crippen LogP contribution is 2.30. The molecule has 0 bridgehead atoms. The van der Waals surface area contributed by atoms with Gasteiger partial charge in [0, 0.05) is 0 Å². The van der Waals surface area contributed by atoms with Gasteiger partial charge in [0.05, 0.1) is 27.0 Å². The summed E-state index contributed by atoms with van der Waals surface area (Å²) in [5.74, 6) is 0.171. The first-order chi connectivity index (χ1) is 11.2. The van der Waals surface area contributed by atoms with Crippen LogP contribution in [0.2, 0.25) is 0 Å². The van der Waals surface area contributed by atoms with Crippen molar-refractivity contribution in [2.45, 2.75) is 6.54 Å². The Morgan fingerprint density at radius 2 is 1.96 bits per heavy atom. The van der Waals surface area contributed by atoms with Crippen molar-refractivity contribution < 1.29 is 28.2 Å². The molecule has 7 nitrogen and oxygen atoms in total. The predicted octanol–water partition coefficient (Wildman–Crippen LogP) is 1.77. The van der Waals surface area contributed by atoms with E-state index in [1.54, 1.807) is 24.3 Å². The molecule has 7 heteroatoms. The van der Waals surface area contributed by atoms with E-state index in [4.69, 9.17) is 18.6 Å². The van der Waals surface area contributed by atoms with Crippen LogP contribution in [0.5, 0.6) is 11.5 Å². The lowest BCUT2D eigenvalue weighted by atomic mass is 10.2. The summed E-state index contributed by atoms with van der Waals surface area (Å²) in [6.07, 6.45) is 1.51. The Morgan fingerprint density at radius 3 is 2.61 bits per heavy atom. The Labute approximate surface area is 133 Å². The van der Waals surface area contributed by atoms with Gasteiger partial charge in [-0.2, -0.15) is 0 Å². The molecule has 1 aromatic heterocycles. The van der Waals surface area contributed by atoms with Crippen LogP contribution in [0.3, 0.4) is 0 Å². The molecule has 0 saturated heterocycles. The molecular formula is C16H17NO6. The molecule has 2 aromatic rings. The highest BCUT2D eigenvalue weighted by molar-refractivity contribution is 5.94. The summed E-state index contributed by atoms with van der Waals surface area (Å²) in [6, 6.07) is 8.27. The lowest BCUT2D eigenvalue weighted by Gasteiger charge is -2.12. The summed E-state index contributed by atoms with van der Waals surface area (Å²) in [6.45, 7) is -0.175. The molecule has 0 radical (unpaired) electrons. The summed E-state index contributed by atoms with van der Waals surface area (Å²) in [4.78, 5) is 23.7. The van der Waals surface area contributed by atoms with Crippen molar-refractivity contribution in [1.29, 1.82) is 0 Å². The number of amides is 1. The zero-order valence-corrected chi connectivity index (χ0v) is 12.8. The van der Waals surface area contributed by atoms with Crippen LogP contribution >= 0.6 is 0 Å². The second-order valence-electron chi connectivity index (χ2n) is 4.47. The first kappa shape index (κ1) is 16.4. The molecule has 122 valence electrons. The molecule has 0 unspecified atom stereocenters. The Bertz CT molecular complexity index is 665. The highest BCUT2D eigenvalue weighted by atomic mass is 16.5. The third-order valence-electron chi connectivity index (χ3n) is 3.00. The molecule has 0 aliphatic heterocycles. The van der Waals surface area contributed by atoms with E-state index in [1.165, 1.54) is 26.5 Å². The van der Waals surface area contributed by atoms with Crippen molar-refractivity contribution in [2.75, 3.05) is 20.8 Å². The van der Waals surface area contributed by atoms with Gasteiger partial charge in [-0.05, 0) is 24.3 Å². The summed E-state index contributed by atoms with van der Waals surface area (Å²) in [7, 11) is 2.89. The third kappa shape index (κ3) is 4.26. The normalized spacial score (nSPS) is 10.0. The summed E-state index contributed by atoms with van der Waals surface area (Å²) in [5, 5.41) is 2.58. The van der Waals surface area contributed by atoms with Gasteiger partial charge in [0.2, 0.25) is 0 Å². The second kappa shape index (κ2) is 7.88. The standard InChI is InChI=1S/C16H17NO6/c1-20-13-7-3-6-12(15(13)21-2)16(19)23-10-14(18)17-9-11-5-4-8-22-11/h3-8H,9-10H2,1-2H3,(H,17,18). The van der Waals surface area contributed by atoms with Crippen molar-refractivity contribution in [3.05, 3.63) is 47.9 Å². The second-order valence-corrected chi connectivity index (χ2v) is 4.47. The number of rotatable bonds is 7. The lowest BCUT2D eigenvalue weighted by Crippen LogP contribution is -2.28. The molecule has 0 aliphatic carbocycles. The predicted molar refractivity (Wildman–Crippen MR) is 80.4 cm³/mol. The number of ether oxygens (including phenoxy) is 3. The molecule has 1 aromatic carbocycles. The van der Waals surface area contributed by atoms with Crippen molar-refractivity contribution in [3.63, 3.8) is 0 Å². The summed E-state index contributed by atoms with van der Waals surface area (Å²) >= 11 is 0. The Kier molecular flexibility index (Phi) is 5.62. The number of carbonyl (C=O) groups is 2. The number of carbonyl (C=O) groups excluding carboxylic acids is 2. The molecule has 0 spiro atoms. The SMILES string of the molecule is COc1cccc(C(=O)OCC(=O)NCc2ccco2)c1OC. The van der Waals surface area contributed by atoms with Crippen LogP contribution in [-0.2, 0) is 16.1 Å². The van der Waals surface area contributed by atoms with Gasteiger partial charge in [0.1, 0.15) is 11.3 Å². The molecule has 1 N–H and O–H groups in total. The Morgan fingerprint density at radius 1 is 1.13 bits per heavy atom. The molecule has 0 saturated carbocycles. The molecule has 23 heavy (non-hydrogen) atoms. The number of methoxy groups -OCH3 is 2. The first-order valence-corrected chi connectivity index (χ1v) is 6.83. The topological polar surface area (TPSA) is 87.0 Å². The minimum absolute atomic E-state index is 0.186. The van der Waals surface area contributed by atoms with Gasteiger partial charge < -0.3 is 23.9 Å². The Hall–Kier alpha value is -2.96. The van der Waals surface area contributed by atoms with Gasteiger partial charge in [-0.1, -0.05) is 6.07 Å². The zero-order chi connectivity index (χ0) is 16.7. The number of hydrogen-bond acceptors (Lipinski definition) is 6. The molecular weight excluding hydrogens is 302 g/mol. The number of furan rings is 1. The van der Waals surface area contributed by atoms with E-state index in [2.05, 4.69) is 5.32 Å². The van der Waals surface area contributed by atoms with E-state index < -0.39 is 18.5 Å². The van der Waals surface area contributed by atoms with E-state index in [9.17, 15) is 9.59 Å². The maximum atomic E-state index is 12.1. The van der Waals surface area contributed by atoms with Gasteiger partial charge >= 0.3 is 5.97 Å². The van der Waals surface area contributed by atoms with E-state index in [0.29, 0.717) is 11.5 Å². The van der Waals surface area contributed by atoms with Gasteiger partial charge in [-0.15, -0.1) is 0 Å². The Balaban J connectivity index is 1.90. The molecule has 1 amide bonds. The fraction of sp³-hybridized carbons (Fsp3) is 0.250. The van der Waals surface area contributed by atoms with Crippen molar-refractivity contribution in [1.82, 2.24) is 5.32 Å². The maximum absolute atomic E-state index is 12.1. The summed E-state index contributed by atoms with van der Waals surface area (Å²) in [5.41, 5.74) is 0.186. The smallest absolute Gasteiger partial charge is 0.342 e. The number of nitrogens with one attached hydrogen (secondary N) is 1. The van der Waals surface area contributed by atoms with Crippen molar-refractivity contribution in [2.24, 2.45) is 0 Å². The molecule has 1 heterocycles. The maximum Gasteiger partial charge on any atom is 0.342 e. The minimum Gasteiger partial charge on any atom is -0.493 e. The highest BCUT2D eigenvalue weighted by Gasteiger charge is 2.18.